The molecule has 1 aliphatic heterocycles. The van der Waals surface area contributed by atoms with Crippen molar-refractivity contribution in [1.29, 1.82) is 0 Å². The van der Waals surface area contributed by atoms with Crippen molar-refractivity contribution in [2.45, 2.75) is 13.5 Å². The molecule has 1 fully saturated rings. The molecule has 0 radical (unpaired) electrons. The van der Waals surface area contributed by atoms with Gasteiger partial charge in [0.05, 0.1) is 11.7 Å². The summed E-state index contributed by atoms with van der Waals surface area (Å²) in [6.07, 6.45) is 5.51. The zero-order valence-corrected chi connectivity index (χ0v) is 17.7. The normalized spacial score (nSPS) is 14.5. The zero-order chi connectivity index (χ0) is 20.1. The Morgan fingerprint density at radius 3 is 2.97 bits per heavy atom. The van der Waals surface area contributed by atoms with Crippen LogP contribution in [0.5, 0.6) is 0 Å². The molecular formula is C23H21BrN4O. The fraction of sp³-hybridized carbons (Fsp3) is 0.217. The van der Waals surface area contributed by atoms with Gasteiger partial charge in [-0.25, -0.2) is 0 Å². The fourth-order valence-electron chi connectivity index (χ4n) is 4.36. The van der Waals surface area contributed by atoms with Crippen LogP contribution in [0.2, 0.25) is 0 Å². The Bertz CT molecular complexity index is 1260. The number of hydrogen-bond donors (Lipinski definition) is 1. The molecule has 0 saturated carbocycles. The lowest BCUT2D eigenvalue weighted by Crippen LogP contribution is -2.50. The van der Waals surface area contributed by atoms with Gasteiger partial charge in [-0.2, -0.15) is 5.10 Å². The van der Waals surface area contributed by atoms with Crippen LogP contribution in [-0.4, -0.2) is 38.7 Å². The van der Waals surface area contributed by atoms with E-state index in [1.165, 1.54) is 33.7 Å². The summed E-state index contributed by atoms with van der Waals surface area (Å²) in [5.74, 6) is 0.472. The first-order valence-electron chi connectivity index (χ1n) is 9.68. The number of rotatable bonds is 4. The molecule has 1 amide bonds. The lowest BCUT2D eigenvalue weighted by atomic mass is 9.97. The predicted octanol–water partition coefficient (Wildman–Crippen LogP) is 4.90. The Kier molecular flexibility index (Phi) is 4.32. The molecule has 0 bridgehead atoms. The highest BCUT2D eigenvalue weighted by Crippen LogP contribution is 2.38. The van der Waals surface area contributed by atoms with Crippen molar-refractivity contribution in [2.24, 2.45) is 5.92 Å². The molecule has 0 aliphatic carbocycles. The van der Waals surface area contributed by atoms with E-state index >= 15 is 0 Å². The van der Waals surface area contributed by atoms with Crippen LogP contribution in [0, 0.1) is 12.8 Å². The average molecular weight is 449 g/mol. The van der Waals surface area contributed by atoms with Gasteiger partial charge in [0.1, 0.15) is 0 Å². The molecule has 5 rings (SSSR count). The molecule has 0 unspecified atom stereocenters. The van der Waals surface area contributed by atoms with Crippen LogP contribution in [0.15, 0.2) is 59.9 Å². The number of halogens is 1. The molecule has 2 aromatic heterocycles. The third kappa shape index (κ3) is 2.99. The number of carbonyl (C=O) groups excluding carboxylic acids is 1. The average Bonchev–Trinajstić information content (AvgIpc) is 3.28. The minimum atomic E-state index is 0.0183. The van der Waals surface area contributed by atoms with E-state index in [-0.39, 0.29) is 5.91 Å². The maximum absolute atomic E-state index is 11.8. The van der Waals surface area contributed by atoms with Crippen LogP contribution in [0.4, 0.5) is 0 Å². The van der Waals surface area contributed by atoms with Crippen molar-refractivity contribution in [3.63, 3.8) is 0 Å². The van der Waals surface area contributed by atoms with Gasteiger partial charge in [-0.1, -0.05) is 34.6 Å². The van der Waals surface area contributed by atoms with Gasteiger partial charge in [0.2, 0.25) is 5.91 Å². The van der Waals surface area contributed by atoms with E-state index in [4.69, 9.17) is 0 Å². The van der Waals surface area contributed by atoms with Gasteiger partial charge in [0.15, 0.2) is 0 Å². The van der Waals surface area contributed by atoms with Crippen molar-refractivity contribution in [1.82, 2.24) is 19.7 Å². The van der Waals surface area contributed by atoms with Crippen LogP contribution in [0.25, 0.3) is 32.9 Å². The summed E-state index contributed by atoms with van der Waals surface area (Å²) in [4.78, 5) is 13.6. The smallest absolute Gasteiger partial charge is 0.245 e. The topological polar surface area (TPSA) is 53.9 Å². The Labute approximate surface area is 177 Å². The second kappa shape index (κ2) is 6.88. The first-order chi connectivity index (χ1) is 14.0. The highest BCUT2D eigenvalue weighted by Gasteiger charge is 2.30. The summed E-state index contributed by atoms with van der Waals surface area (Å²) in [7, 11) is 0. The number of nitrogens with one attached hydrogen (secondary N) is 1. The molecule has 1 saturated heterocycles. The monoisotopic (exact) mass is 448 g/mol. The van der Waals surface area contributed by atoms with Crippen LogP contribution in [-0.2, 0) is 11.3 Å². The summed E-state index contributed by atoms with van der Waals surface area (Å²) in [5.41, 5.74) is 5.88. The largest absolute Gasteiger partial charge is 0.346 e. The summed E-state index contributed by atoms with van der Waals surface area (Å²) in [5, 5.41) is 9.75. The van der Waals surface area contributed by atoms with Crippen LogP contribution in [0.3, 0.4) is 0 Å². The molecule has 29 heavy (non-hydrogen) atoms. The summed E-state index contributed by atoms with van der Waals surface area (Å²) in [6, 6.07) is 10.7. The Morgan fingerprint density at radius 1 is 1.34 bits per heavy atom. The molecule has 5 nitrogen and oxygen atoms in total. The highest BCUT2D eigenvalue weighted by molar-refractivity contribution is 9.10. The number of aromatic amines is 1. The Hall–Kier alpha value is -2.86. The predicted molar refractivity (Wildman–Crippen MR) is 120 cm³/mol. The first kappa shape index (κ1) is 18.2. The molecule has 0 spiro atoms. The van der Waals surface area contributed by atoms with Gasteiger partial charge in [-0.3, -0.25) is 9.89 Å². The number of benzene rings is 2. The van der Waals surface area contributed by atoms with Crippen molar-refractivity contribution >= 4 is 43.6 Å². The number of H-pyrrole nitrogens is 1. The minimum Gasteiger partial charge on any atom is -0.346 e. The molecular weight excluding hydrogens is 428 g/mol. The number of aromatic nitrogens is 3. The van der Waals surface area contributed by atoms with Crippen molar-refractivity contribution in [3.8, 4) is 11.1 Å². The molecule has 2 aromatic carbocycles. The standard InChI is InChI=1S/C23H21BrN4O/c1-3-21(29)28-11-15(12-28)10-27-13-19(18-8-17(24)6-7-20(18)27)22-14(2)4-5-16-9-25-26-23(16)22/h3-9,13,15H,1,10-12H2,2H3,(H,25,26). The van der Waals surface area contributed by atoms with Gasteiger partial charge >= 0.3 is 0 Å². The van der Waals surface area contributed by atoms with Crippen LogP contribution >= 0.6 is 15.9 Å². The van der Waals surface area contributed by atoms with E-state index in [2.05, 4.69) is 80.7 Å². The number of likely N-dealkylation sites (tertiary alicyclic amines) is 1. The Balaban J connectivity index is 1.59. The zero-order valence-electron chi connectivity index (χ0n) is 16.2. The Morgan fingerprint density at radius 2 is 2.17 bits per heavy atom. The lowest BCUT2D eigenvalue weighted by Gasteiger charge is -2.39. The van der Waals surface area contributed by atoms with E-state index in [0.717, 1.165) is 35.0 Å². The van der Waals surface area contributed by atoms with Crippen LogP contribution < -0.4 is 0 Å². The van der Waals surface area contributed by atoms with E-state index in [1.807, 2.05) is 11.1 Å². The maximum atomic E-state index is 11.8. The number of nitrogens with zero attached hydrogens (tertiary/aromatic N) is 3. The molecule has 1 N–H and O–H groups in total. The molecule has 0 atom stereocenters. The van der Waals surface area contributed by atoms with Crippen LogP contribution in [0.1, 0.15) is 5.56 Å². The van der Waals surface area contributed by atoms with E-state index in [0.29, 0.717) is 5.92 Å². The van der Waals surface area contributed by atoms with E-state index in [1.54, 1.807) is 0 Å². The fourth-order valence-corrected chi connectivity index (χ4v) is 4.72. The number of carbonyl (C=O) groups is 1. The van der Waals surface area contributed by atoms with Gasteiger partial charge < -0.3 is 9.47 Å². The second-order valence-electron chi connectivity index (χ2n) is 7.76. The third-order valence-corrected chi connectivity index (χ3v) is 6.33. The summed E-state index contributed by atoms with van der Waals surface area (Å²) >= 11 is 3.63. The van der Waals surface area contributed by atoms with Gasteiger partial charge in [0.25, 0.3) is 0 Å². The second-order valence-corrected chi connectivity index (χ2v) is 8.68. The summed E-state index contributed by atoms with van der Waals surface area (Å²) in [6.45, 7) is 8.17. The van der Waals surface area contributed by atoms with Crippen molar-refractivity contribution < 1.29 is 4.79 Å². The van der Waals surface area contributed by atoms with E-state index < -0.39 is 0 Å². The molecule has 1 aliphatic rings. The van der Waals surface area contributed by atoms with E-state index in [9.17, 15) is 4.79 Å². The lowest BCUT2D eigenvalue weighted by molar-refractivity contribution is -0.132. The maximum Gasteiger partial charge on any atom is 0.245 e. The number of hydrogen-bond acceptors (Lipinski definition) is 2. The molecule has 6 heteroatoms. The highest BCUT2D eigenvalue weighted by atomic mass is 79.9. The number of fused-ring (bicyclic) bond motifs is 2. The van der Waals surface area contributed by atoms with Crippen molar-refractivity contribution in [2.75, 3.05) is 13.1 Å². The number of amides is 1. The molecule has 4 aromatic rings. The minimum absolute atomic E-state index is 0.0183. The van der Waals surface area contributed by atoms with Crippen molar-refractivity contribution in [3.05, 3.63) is 65.4 Å². The molecule has 3 heterocycles. The molecule has 146 valence electrons. The summed E-state index contributed by atoms with van der Waals surface area (Å²) < 4.78 is 3.39. The van der Waals surface area contributed by atoms with Gasteiger partial charge in [0, 0.05) is 63.6 Å². The van der Waals surface area contributed by atoms with Gasteiger partial charge in [-0.05, 0) is 36.8 Å². The SMILES string of the molecule is C=CC(=O)N1CC(Cn2cc(-c3c(C)ccc4cn[nH]c34)c3cc(Br)ccc32)C1. The first-order valence-corrected chi connectivity index (χ1v) is 10.5. The number of aryl methyl sites for hydroxylation is 1. The third-order valence-electron chi connectivity index (χ3n) is 5.84. The van der Waals surface area contributed by atoms with Gasteiger partial charge in [-0.15, -0.1) is 0 Å². The quantitative estimate of drug-likeness (QED) is 0.451.